The maximum atomic E-state index is 11.4. The van der Waals surface area contributed by atoms with E-state index in [2.05, 4.69) is 4.98 Å². The van der Waals surface area contributed by atoms with Gasteiger partial charge in [0.15, 0.2) is 9.84 Å². The number of nitrogens with one attached hydrogen (secondary N) is 1. The number of aromatic nitrogens is 1. The molecule has 0 aliphatic rings. The van der Waals surface area contributed by atoms with Gasteiger partial charge in [0.25, 0.3) is 0 Å². The van der Waals surface area contributed by atoms with Crippen molar-refractivity contribution in [3.63, 3.8) is 0 Å². The van der Waals surface area contributed by atoms with Crippen LogP contribution in [0.1, 0.15) is 17.9 Å². The number of fused-ring (bicyclic) bond motifs is 1. The average molecular weight is 223 g/mol. The maximum Gasteiger partial charge on any atom is 0.155 e. The van der Waals surface area contributed by atoms with Crippen LogP contribution in [0.2, 0.25) is 0 Å². The second-order valence-electron chi connectivity index (χ2n) is 3.78. The Morgan fingerprint density at radius 2 is 1.93 bits per heavy atom. The van der Waals surface area contributed by atoms with Crippen molar-refractivity contribution in [2.75, 3.05) is 6.26 Å². The van der Waals surface area contributed by atoms with Gasteiger partial charge in [-0.2, -0.15) is 0 Å². The molecular formula is C11H13NO2S. The Morgan fingerprint density at radius 3 is 2.53 bits per heavy atom. The summed E-state index contributed by atoms with van der Waals surface area (Å²) in [5.41, 5.74) is 1.72. The van der Waals surface area contributed by atoms with Gasteiger partial charge in [0, 0.05) is 17.5 Å². The zero-order chi connectivity index (χ0) is 11.1. The third-order valence-electron chi connectivity index (χ3n) is 2.63. The van der Waals surface area contributed by atoms with E-state index in [4.69, 9.17) is 0 Å². The van der Waals surface area contributed by atoms with E-state index < -0.39 is 15.1 Å². The molecule has 0 radical (unpaired) electrons. The fourth-order valence-electron chi connectivity index (χ4n) is 1.55. The van der Waals surface area contributed by atoms with Crippen LogP contribution in [-0.2, 0) is 9.84 Å². The van der Waals surface area contributed by atoms with E-state index in [1.165, 1.54) is 6.26 Å². The van der Waals surface area contributed by atoms with Gasteiger partial charge >= 0.3 is 0 Å². The van der Waals surface area contributed by atoms with Gasteiger partial charge in [-0.05, 0) is 24.4 Å². The van der Waals surface area contributed by atoms with Crippen molar-refractivity contribution in [3.05, 3.63) is 36.0 Å². The van der Waals surface area contributed by atoms with Crippen LogP contribution in [0.3, 0.4) is 0 Å². The second kappa shape index (κ2) is 3.38. The third-order valence-corrected chi connectivity index (χ3v) is 4.17. The third kappa shape index (κ3) is 1.90. The van der Waals surface area contributed by atoms with E-state index in [0.29, 0.717) is 0 Å². The SMILES string of the molecule is CC(c1cc2ccccc2[nH]1)S(C)(=O)=O. The highest BCUT2D eigenvalue weighted by Gasteiger charge is 2.18. The molecular weight excluding hydrogens is 210 g/mol. The van der Waals surface area contributed by atoms with Gasteiger partial charge in [-0.3, -0.25) is 0 Å². The van der Waals surface area contributed by atoms with Crippen LogP contribution >= 0.6 is 0 Å². The first-order valence-electron chi connectivity index (χ1n) is 4.75. The van der Waals surface area contributed by atoms with Crippen LogP contribution in [0.5, 0.6) is 0 Å². The second-order valence-corrected chi connectivity index (χ2v) is 6.15. The van der Waals surface area contributed by atoms with Crippen molar-refractivity contribution in [1.29, 1.82) is 0 Å². The molecule has 15 heavy (non-hydrogen) atoms. The number of H-pyrrole nitrogens is 1. The van der Waals surface area contributed by atoms with Crippen molar-refractivity contribution in [2.24, 2.45) is 0 Å². The molecule has 2 rings (SSSR count). The lowest BCUT2D eigenvalue weighted by Gasteiger charge is -2.05. The molecule has 1 atom stereocenters. The van der Waals surface area contributed by atoms with E-state index in [1.807, 2.05) is 30.3 Å². The largest absolute Gasteiger partial charge is 0.357 e. The molecule has 0 amide bonds. The molecule has 2 aromatic rings. The smallest absolute Gasteiger partial charge is 0.155 e. The molecule has 1 N–H and O–H groups in total. The lowest BCUT2D eigenvalue weighted by Crippen LogP contribution is -2.07. The van der Waals surface area contributed by atoms with E-state index in [-0.39, 0.29) is 0 Å². The predicted octanol–water partition coefficient (Wildman–Crippen LogP) is 2.27. The van der Waals surface area contributed by atoms with Crippen molar-refractivity contribution < 1.29 is 8.42 Å². The summed E-state index contributed by atoms with van der Waals surface area (Å²) in [6.45, 7) is 1.69. The fourth-order valence-corrected chi connectivity index (χ4v) is 2.13. The zero-order valence-electron chi connectivity index (χ0n) is 8.69. The number of sulfone groups is 1. The molecule has 0 saturated heterocycles. The quantitative estimate of drug-likeness (QED) is 0.849. The molecule has 0 fully saturated rings. The fraction of sp³-hybridized carbons (Fsp3) is 0.273. The Hall–Kier alpha value is -1.29. The normalized spacial score (nSPS) is 14.3. The van der Waals surface area contributed by atoms with Gasteiger partial charge in [-0.25, -0.2) is 8.42 Å². The van der Waals surface area contributed by atoms with Crippen LogP contribution in [-0.4, -0.2) is 19.7 Å². The van der Waals surface area contributed by atoms with E-state index in [9.17, 15) is 8.42 Å². The van der Waals surface area contributed by atoms with Crippen LogP contribution in [0.4, 0.5) is 0 Å². The molecule has 1 heterocycles. The Bertz CT molecular complexity index is 550. The van der Waals surface area contributed by atoms with Crippen molar-refractivity contribution in [1.82, 2.24) is 4.98 Å². The molecule has 0 bridgehead atoms. The highest BCUT2D eigenvalue weighted by atomic mass is 32.2. The lowest BCUT2D eigenvalue weighted by atomic mass is 10.2. The molecule has 0 aliphatic heterocycles. The first-order valence-corrected chi connectivity index (χ1v) is 6.70. The first-order chi connectivity index (χ1) is 6.98. The van der Waals surface area contributed by atoms with Crippen LogP contribution in [0.25, 0.3) is 10.9 Å². The molecule has 1 aromatic heterocycles. The summed E-state index contributed by atoms with van der Waals surface area (Å²) < 4.78 is 22.8. The predicted molar refractivity (Wildman–Crippen MR) is 61.6 cm³/mol. The summed E-state index contributed by atoms with van der Waals surface area (Å²) in [7, 11) is -3.03. The summed E-state index contributed by atoms with van der Waals surface area (Å²) in [5, 5.41) is 0.563. The number of hydrogen-bond acceptors (Lipinski definition) is 2. The minimum atomic E-state index is -3.03. The summed E-state index contributed by atoms with van der Waals surface area (Å²) >= 11 is 0. The molecule has 0 aliphatic carbocycles. The average Bonchev–Trinajstić information content (AvgIpc) is 2.58. The Balaban J connectivity index is 2.54. The summed E-state index contributed by atoms with van der Waals surface area (Å²) in [4.78, 5) is 3.12. The summed E-state index contributed by atoms with van der Waals surface area (Å²) in [5.74, 6) is 0. The van der Waals surface area contributed by atoms with Crippen molar-refractivity contribution in [2.45, 2.75) is 12.2 Å². The number of para-hydroxylation sites is 1. The maximum absolute atomic E-state index is 11.4. The number of aromatic amines is 1. The number of hydrogen-bond donors (Lipinski definition) is 1. The topological polar surface area (TPSA) is 49.9 Å². The van der Waals surface area contributed by atoms with Gasteiger partial charge in [0.05, 0.1) is 5.25 Å². The van der Waals surface area contributed by atoms with Crippen LogP contribution in [0.15, 0.2) is 30.3 Å². The number of benzene rings is 1. The monoisotopic (exact) mass is 223 g/mol. The van der Waals surface area contributed by atoms with Gasteiger partial charge in [0.1, 0.15) is 0 Å². The minimum Gasteiger partial charge on any atom is -0.357 e. The molecule has 0 saturated carbocycles. The number of rotatable bonds is 2. The standard InChI is InChI=1S/C11H13NO2S/c1-8(15(2,13)14)11-7-9-5-3-4-6-10(9)12-11/h3-8,12H,1-2H3. The molecule has 1 unspecified atom stereocenters. The Labute approximate surface area is 89.0 Å². The van der Waals surface area contributed by atoms with E-state index in [1.54, 1.807) is 6.92 Å². The van der Waals surface area contributed by atoms with E-state index in [0.717, 1.165) is 16.6 Å². The Morgan fingerprint density at radius 1 is 1.27 bits per heavy atom. The highest BCUT2D eigenvalue weighted by molar-refractivity contribution is 7.90. The van der Waals surface area contributed by atoms with Crippen LogP contribution in [0, 0.1) is 0 Å². The van der Waals surface area contributed by atoms with Crippen molar-refractivity contribution >= 4 is 20.7 Å². The summed E-state index contributed by atoms with van der Waals surface area (Å²) in [6, 6.07) is 9.65. The van der Waals surface area contributed by atoms with Gasteiger partial charge in [0.2, 0.25) is 0 Å². The lowest BCUT2D eigenvalue weighted by molar-refractivity contribution is 0.591. The molecule has 1 aromatic carbocycles. The molecule has 80 valence electrons. The van der Waals surface area contributed by atoms with E-state index >= 15 is 0 Å². The summed E-state index contributed by atoms with van der Waals surface area (Å²) in [6.07, 6.45) is 1.25. The first kappa shape index (κ1) is 10.2. The Kier molecular flexibility index (Phi) is 2.31. The van der Waals surface area contributed by atoms with Gasteiger partial charge in [-0.1, -0.05) is 18.2 Å². The van der Waals surface area contributed by atoms with Crippen molar-refractivity contribution in [3.8, 4) is 0 Å². The highest BCUT2D eigenvalue weighted by Crippen LogP contribution is 2.24. The molecule has 4 heteroatoms. The minimum absolute atomic E-state index is 0.482. The zero-order valence-corrected chi connectivity index (χ0v) is 9.51. The van der Waals surface area contributed by atoms with Gasteiger partial charge in [-0.15, -0.1) is 0 Å². The van der Waals surface area contributed by atoms with Crippen LogP contribution < -0.4 is 0 Å². The van der Waals surface area contributed by atoms with Gasteiger partial charge < -0.3 is 4.98 Å². The molecule has 3 nitrogen and oxygen atoms in total. The molecule has 0 spiro atoms.